The van der Waals surface area contributed by atoms with Crippen LogP contribution in [0.3, 0.4) is 0 Å². The third kappa shape index (κ3) is 3.30. The summed E-state index contributed by atoms with van der Waals surface area (Å²) in [6.45, 7) is 1.50. The Morgan fingerprint density at radius 1 is 1.17 bits per heavy atom. The van der Waals surface area contributed by atoms with Gasteiger partial charge >= 0.3 is 5.97 Å². The molecule has 3 rings (SSSR count). The molecule has 0 saturated heterocycles. The van der Waals surface area contributed by atoms with Crippen molar-refractivity contribution >= 4 is 28.3 Å². The Balaban J connectivity index is 1.84. The highest BCUT2D eigenvalue weighted by Gasteiger charge is 2.19. The quantitative estimate of drug-likeness (QED) is 0.607. The van der Waals surface area contributed by atoms with Gasteiger partial charge in [0.1, 0.15) is 6.04 Å². The topological polar surface area (TPSA) is 82.2 Å². The first-order valence-corrected chi connectivity index (χ1v) is 7.70. The molecule has 1 atom stereocenters. The molecule has 122 valence electrons. The van der Waals surface area contributed by atoms with E-state index in [0.717, 1.165) is 22.2 Å². The monoisotopic (exact) mass is 322 g/mol. The number of H-pyrrole nitrogens is 1. The molecule has 0 aliphatic rings. The number of nitrogens with one attached hydrogen (secondary N) is 2. The molecule has 0 spiro atoms. The van der Waals surface area contributed by atoms with E-state index in [-0.39, 0.29) is 12.2 Å². The minimum atomic E-state index is -0.937. The number of anilines is 1. The summed E-state index contributed by atoms with van der Waals surface area (Å²) in [5.41, 5.74) is 3.09. The van der Waals surface area contributed by atoms with Crippen molar-refractivity contribution in [1.29, 1.82) is 0 Å². The maximum Gasteiger partial charge on any atom is 0.326 e. The van der Waals surface area contributed by atoms with Gasteiger partial charge in [0.25, 0.3) is 0 Å². The van der Waals surface area contributed by atoms with Crippen LogP contribution in [-0.2, 0) is 11.2 Å². The Labute approximate surface area is 139 Å². The molecule has 0 amide bonds. The van der Waals surface area contributed by atoms with Crippen molar-refractivity contribution in [2.45, 2.75) is 19.4 Å². The van der Waals surface area contributed by atoms with Crippen molar-refractivity contribution in [1.82, 2.24) is 4.98 Å². The van der Waals surface area contributed by atoms with Crippen molar-refractivity contribution in [2.24, 2.45) is 0 Å². The third-order valence-corrected chi connectivity index (χ3v) is 3.99. The fraction of sp³-hybridized carbons (Fsp3) is 0.158. The molecule has 2 aromatic carbocycles. The molecule has 0 unspecified atom stereocenters. The first-order valence-electron chi connectivity index (χ1n) is 7.70. The average molecular weight is 322 g/mol. The van der Waals surface area contributed by atoms with Crippen LogP contribution in [0.15, 0.2) is 54.7 Å². The Hall–Kier alpha value is -3.08. The molecule has 0 fully saturated rings. The highest BCUT2D eigenvalue weighted by Crippen LogP contribution is 2.24. The van der Waals surface area contributed by atoms with E-state index < -0.39 is 12.0 Å². The van der Waals surface area contributed by atoms with E-state index in [9.17, 15) is 14.7 Å². The van der Waals surface area contributed by atoms with Crippen LogP contribution >= 0.6 is 0 Å². The molecule has 24 heavy (non-hydrogen) atoms. The van der Waals surface area contributed by atoms with Gasteiger partial charge < -0.3 is 15.4 Å². The molecule has 0 saturated carbocycles. The summed E-state index contributed by atoms with van der Waals surface area (Å²) in [5, 5.41) is 13.6. The Morgan fingerprint density at radius 3 is 2.71 bits per heavy atom. The van der Waals surface area contributed by atoms with Gasteiger partial charge in [-0.3, -0.25) is 4.79 Å². The minimum Gasteiger partial charge on any atom is -0.480 e. The lowest BCUT2D eigenvalue weighted by Gasteiger charge is -2.15. The van der Waals surface area contributed by atoms with Crippen LogP contribution in [0.25, 0.3) is 10.9 Å². The number of hydrogen-bond acceptors (Lipinski definition) is 3. The first kappa shape index (κ1) is 15.8. The van der Waals surface area contributed by atoms with Crippen molar-refractivity contribution in [2.75, 3.05) is 5.32 Å². The van der Waals surface area contributed by atoms with Crippen LogP contribution in [0.2, 0.25) is 0 Å². The van der Waals surface area contributed by atoms with Gasteiger partial charge in [0.05, 0.1) is 5.69 Å². The summed E-state index contributed by atoms with van der Waals surface area (Å²) < 4.78 is 0. The number of carbonyl (C=O) groups excluding carboxylic acids is 1. The van der Waals surface area contributed by atoms with Gasteiger partial charge in [0.2, 0.25) is 0 Å². The van der Waals surface area contributed by atoms with E-state index in [2.05, 4.69) is 10.3 Å². The second kappa shape index (κ2) is 6.58. The predicted molar refractivity (Wildman–Crippen MR) is 93.5 cm³/mol. The zero-order valence-corrected chi connectivity index (χ0v) is 13.2. The molecule has 0 radical (unpaired) electrons. The van der Waals surface area contributed by atoms with Crippen molar-refractivity contribution in [3.05, 3.63) is 65.9 Å². The Bertz CT molecular complexity index is 898. The van der Waals surface area contributed by atoms with E-state index in [0.29, 0.717) is 5.56 Å². The number of Topliss-reactive ketones (excluding diaryl/α,β-unsaturated/α-hetero) is 1. The molecule has 3 N–H and O–H groups in total. The molecule has 5 heteroatoms. The van der Waals surface area contributed by atoms with Crippen molar-refractivity contribution in [3.8, 4) is 0 Å². The van der Waals surface area contributed by atoms with Gasteiger partial charge in [-0.2, -0.15) is 0 Å². The van der Waals surface area contributed by atoms with Crippen molar-refractivity contribution < 1.29 is 14.7 Å². The number of aromatic nitrogens is 1. The second-order valence-electron chi connectivity index (χ2n) is 5.74. The molecular weight excluding hydrogens is 304 g/mol. The summed E-state index contributed by atoms with van der Waals surface area (Å²) in [4.78, 5) is 26.2. The highest BCUT2D eigenvalue weighted by atomic mass is 16.4. The normalized spacial score (nSPS) is 12.0. The lowest BCUT2D eigenvalue weighted by atomic mass is 10.0. The number of carboxylic acids is 1. The zero-order chi connectivity index (χ0) is 17.1. The Morgan fingerprint density at radius 2 is 1.96 bits per heavy atom. The smallest absolute Gasteiger partial charge is 0.326 e. The van der Waals surface area contributed by atoms with Crippen LogP contribution in [0, 0.1) is 0 Å². The lowest BCUT2D eigenvalue weighted by Crippen LogP contribution is -2.31. The van der Waals surface area contributed by atoms with E-state index in [1.54, 1.807) is 24.4 Å². The van der Waals surface area contributed by atoms with Gasteiger partial charge in [0.15, 0.2) is 5.78 Å². The molecule has 0 aliphatic carbocycles. The minimum absolute atomic E-state index is 0.0340. The molecule has 1 aromatic heterocycles. The van der Waals surface area contributed by atoms with Crippen LogP contribution < -0.4 is 5.32 Å². The summed E-state index contributed by atoms with van der Waals surface area (Å²) in [6, 6.07) is 14.0. The fourth-order valence-corrected chi connectivity index (χ4v) is 2.73. The molecule has 3 aromatic rings. The van der Waals surface area contributed by atoms with E-state index in [4.69, 9.17) is 0 Å². The van der Waals surface area contributed by atoms with Gasteiger partial charge in [-0.15, -0.1) is 0 Å². The number of benzene rings is 2. The number of para-hydroxylation sites is 1. The van der Waals surface area contributed by atoms with Crippen LogP contribution in [0.4, 0.5) is 5.69 Å². The van der Waals surface area contributed by atoms with E-state index >= 15 is 0 Å². The third-order valence-electron chi connectivity index (χ3n) is 3.99. The number of carboxylic acid groups (broad SMARTS) is 1. The Kier molecular flexibility index (Phi) is 4.33. The van der Waals surface area contributed by atoms with Gasteiger partial charge in [-0.1, -0.05) is 36.4 Å². The number of ketones is 1. The summed E-state index contributed by atoms with van der Waals surface area (Å²) in [7, 11) is 0. The molecular formula is C19H18N2O3. The first-order chi connectivity index (χ1) is 11.5. The van der Waals surface area contributed by atoms with E-state index in [1.165, 1.54) is 6.92 Å². The number of rotatable bonds is 6. The van der Waals surface area contributed by atoms with Crippen LogP contribution in [0.1, 0.15) is 22.8 Å². The lowest BCUT2D eigenvalue weighted by molar-refractivity contribution is -0.137. The maximum atomic E-state index is 11.6. The van der Waals surface area contributed by atoms with Gasteiger partial charge in [-0.05, 0) is 24.6 Å². The standard InChI is InChI=1S/C19H18N2O3/c1-12(22)14-6-4-5-13(9-14)10-17(19(23)24)21-18-11-20-16-8-3-2-7-15(16)18/h2-9,11,17,20-21H,10H2,1H3,(H,23,24)/t17-/m0/s1. The molecule has 5 nitrogen and oxygen atoms in total. The average Bonchev–Trinajstić information content (AvgIpc) is 2.97. The van der Waals surface area contributed by atoms with Gasteiger partial charge in [0, 0.05) is 29.1 Å². The molecule has 0 bridgehead atoms. The predicted octanol–water partition coefficient (Wildman–Crippen LogP) is 3.48. The highest BCUT2D eigenvalue weighted by molar-refractivity contribution is 5.95. The SMILES string of the molecule is CC(=O)c1cccc(C[C@H](Nc2c[nH]c3ccccc23)C(=O)O)c1. The molecule has 1 heterocycles. The van der Waals surface area contributed by atoms with Gasteiger partial charge in [-0.25, -0.2) is 4.79 Å². The summed E-state index contributed by atoms with van der Waals surface area (Å²) >= 11 is 0. The zero-order valence-electron chi connectivity index (χ0n) is 13.2. The number of fused-ring (bicyclic) bond motifs is 1. The number of aliphatic carboxylic acids is 1. The molecule has 0 aliphatic heterocycles. The van der Waals surface area contributed by atoms with E-state index in [1.807, 2.05) is 30.3 Å². The van der Waals surface area contributed by atoms with Crippen LogP contribution in [0.5, 0.6) is 0 Å². The summed E-state index contributed by atoms with van der Waals surface area (Å²) in [5.74, 6) is -0.971. The number of hydrogen-bond donors (Lipinski definition) is 3. The van der Waals surface area contributed by atoms with Crippen molar-refractivity contribution in [3.63, 3.8) is 0 Å². The second-order valence-corrected chi connectivity index (χ2v) is 5.74. The largest absolute Gasteiger partial charge is 0.480 e. The summed E-state index contributed by atoms with van der Waals surface area (Å²) in [6.07, 6.45) is 2.06. The fourth-order valence-electron chi connectivity index (χ4n) is 2.73. The number of carbonyl (C=O) groups is 2. The maximum absolute atomic E-state index is 11.6. The van der Waals surface area contributed by atoms with Crippen LogP contribution in [-0.4, -0.2) is 27.9 Å². The number of aromatic amines is 1.